The molecule has 370 valence electrons. The topological polar surface area (TPSA) is 72.8 Å². The predicted octanol–water partition coefficient (Wildman–Crippen LogP) is 17.9. The minimum atomic E-state index is -0.793. The lowest BCUT2D eigenvalue weighted by Crippen LogP contribution is -2.28. The van der Waals surface area contributed by atoms with E-state index in [1.165, 1.54) is 51.4 Å². The number of aliphatic hydroxyl groups is 1. The molecule has 0 aliphatic carbocycles. The Hall–Kier alpha value is -4.22. The normalized spacial score (nSPS) is 13.4. The van der Waals surface area contributed by atoms with Crippen LogP contribution in [0.2, 0.25) is 0 Å². The molecule has 0 aromatic heterocycles. The van der Waals surface area contributed by atoms with E-state index in [9.17, 15) is 14.7 Å². The zero-order valence-corrected chi connectivity index (χ0v) is 42.1. The summed E-state index contributed by atoms with van der Waals surface area (Å²) < 4.78 is 10.7. The molecular formula is C61H96O5. The van der Waals surface area contributed by atoms with Crippen LogP contribution in [0.1, 0.15) is 206 Å². The maximum atomic E-state index is 12.3. The molecule has 0 amide bonds. The first-order chi connectivity index (χ1) is 32.6. The molecule has 0 saturated heterocycles. The van der Waals surface area contributed by atoms with E-state index in [0.29, 0.717) is 12.8 Å². The Kier molecular flexibility index (Phi) is 51.6. The lowest BCUT2D eigenvalue weighted by atomic mass is 10.1. The van der Waals surface area contributed by atoms with Crippen molar-refractivity contribution in [3.8, 4) is 0 Å². The van der Waals surface area contributed by atoms with Gasteiger partial charge < -0.3 is 14.6 Å². The number of allylic oxidation sites excluding steroid dienone is 24. The largest absolute Gasteiger partial charge is 0.462 e. The number of carbonyl (C=O) groups is 2. The zero-order chi connectivity index (χ0) is 47.7. The van der Waals surface area contributed by atoms with Crippen LogP contribution in [0.4, 0.5) is 0 Å². The van der Waals surface area contributed by atoms with Crippen LogP contribution in [0.15, 0.2) is 146 Å². The molecule has 0 fully saturated rings. The van der Waals surface area contributed by atoms with Gasteiger partial charge in [0, 0.05) is 12.8 Å². The number of hydrogen-bond acceptors (Lipinski definition) is 5. The maximum absolute atomic E-state index is 12.3. The van der Waals surface area contributed by atoms with Crippen molar-refractivity contribution < 1.29 is 24.2 Å². The monoisotopic (exact) mass is 909 g/mol. The fraction of sp³-hybridized carbons (Fsp3) is 0.574. The van der Waals surface area contributed by atoms with Gasteiger partial charge in [0.25, 0.3) is 0 Å². The smallest absolute Gasteiger partial charge is 0.306 e. The summed E-state index contributed by atoms with van der Waals surface area (Å²) in [5, 5.41) is 9.63. The highest BCUT2D eigenvalue weighted by Gasteiger charge is 2.16. The lowest BCUT2D eigenvalue weighted by molar-refractivity contribution is -0.161. The van der Waals surface area contributed by atoms with Gasteiger partial charge in [0.15, 0.2) is 6.10 Å². The van der Waals surface area contributed by atoms with Crippen molar-refractivity contribution in [2.75, 3.05) is 13.2 Å². The summed E-state index contributed by atoms with van der Waals surface area (Å²) >= 11 is 0. The van der Waals surface area contributed by atoms with Gasteiger partial charge in [0.05, 0.1) is 6.61 Å². The first-order valence-corrected chi connectivity index (χ1v) is 26.4. The molecule has 0 saturated carbocycles. The van der Waals surface area contributed by atoms with Gasteiger partial charge in [-0.15, -0.1) is 0 Å². The van der Waals surface area contributed by atoms with Gasteiger partial charge in [-0.05, 0) is 116 Å². The summed E-state index contributed by atoms with van der Waals surface area (Å²) in [6.45, 7) is 3.88. The van der Waals surface area contributed by atoms with E-state index in [1.807, 2.05) is 0 Å². The molecule has 5 heteroatoms. The molecule has 0 spiro atoms. The van der Waals surface area contributed by atoms with Gasteiger partial charge in [0.1, 0.15) is 6.61 Å². The summed E-state index contributed by atoms with van der Waals surface area (Å²) in [5.41, 5.74) is 0. The summed E-state index contributed by atoms with van der Waals surface area (Å²) in [5.74, 6) is -0.626. The van der Waals surface area contributed by atoms with Crippen LogP contribution >= 0.6 is 0 Å². The average Bonchev–Trinajstić information content (AvgIpc) is 3.32. The maximum Gasteiger partial charge on any atom is 0.306 e. The first kappa shape index (κ1) is 61.8. The number of ether oxygens (including phenoxy) is 2. The van der Waals surface area contributed by atoms with Crippen LogP contribution in [-0.2, 0) is 19.1 Å². The molecule has 0 aromatic carbocycles. The highest BCUT2D eigenvalue weighted by molar-refractivity contribution is 5.70. The fourth-order valence-electron chi connectivity index (χ4n) is 6.74. The second kappa shape index (κ2) is 55.1. The molecule has 5 nitrogen and oxygen atoms in total. The molecule has 1 atom stereocenters. The highest BCUT2D eigenvalue weighted by Crippen LogP contribution is 2.13. The second-order valence-electron chi connectivity index (χ2n) is 16.8. The quantitative estimate of drug-likeness (QED) is 0.0374. The number of unbranched alkanes of at least 4 members (excludes halogenated alkanes) is 14. The van der Waals surface area contributed by atoms with Crippen molar-refractivity contribution in [2.24, 2.45) is 0 Å². The van der Waals surface area contributed by atoms with E-state index in [4.69, 9.17) is 9.47 Å². The molecule has 0 bridgehead atoms. The molecule has 1 unspecified atom stereocenters. The van der Waals surface area contributed by atoms with Crippen molar-refractivity contribution >= 4 is 11.9 Å². The van der Waals surface area contributed by atoms with Gasteiger partial charge in [-0.1, -0.05) is 224 Å². The van der Waals surface area contributed by atoms with Crippen LogP contribution in [0.3, 0.4) is 0 Å². The Balaban J connectivity index is 3.63. The number of carbonyl (C=O) groups excluding carboxylic acids is 2. The van der Waals surface area contributed by atoms with Crippen LogP contribution in [0.5, 0.6) is 0 Å². The summed E-state index contributed by atoms with van der Waals surface area (Å²) in [7, 11) is 0. The van der Waals surface area contributed by atoms with Gasteiger partial charge >= 0.3 is 11.9 Å². The molecule has 0 aliphatic heterocycles. The molecule has 0 aromatic rings. The number of hydrogen-bond donors (Lipinski definition) is 1. The third-order valence-corrected chi connectivity index (χ3v) is 10.6. The van der Waals surface area contributed by atoms with Crippen molar-refractivity contribution in [2.45, 2.75) is 213 Å². The Morgan fingerprint density at radius 1 is 0.348 bits per heavy atom. The van der Waals surface area contributed by atoms with Crippen molar-refractivity contribution in [3.63, 3.8) is 0 Å². The van der Waals surface area contributed by atoms with Crippen molar-refractivity contribution in [3.05, 3.63) is 146 Å². The van der Waals surface area contributed by atoms with E-state index in [1.54, 1.807) is 0 Å². The molecule has 0 aliphatic rings. The first-order valence-electron chi connectivity index (χ1n) is 26.4. The molecular weight excluding hydrogens is 813 g/mol. The SMILES string of the molecule is CC/C=C\C/C=C\C/C=C\C/C=C\C/C=C\C/C=C\C/C=C\C/C=C\C/C=C\CCCCCCCCCC(=O)OC(CO)COC(=O)CCCCCCCCC/C=C\C/C=C\C/C=C\CC. The minimum Gasteiger partial charge on any atom is -0.462 e. The number of aliphatic hydroxyl groups excluding tert-OH is 1. The zero-order valence-electron chi connectivity index (χ0n) is 42.1. The van der Waals surface area contributed by atoms with Gasteiger partial charge in [-0.2, -0.15) is 0 Å². The van der Waals surface area contributed by atoms with Crippen molar-refractivity contribution in [1.82, 2.24) is 0 Å². The van der Waals surface area contributed by atoms with Crippen molar-refractivity contribution in [1.29, 1.82) is 0 Å². The Bertz CT molecular complexity index is 1450. The molecule has 1 N–H and O–H groups in total. The number of rotatable bonds is 46. The van der Waals surface area contributed by atoms with E-state index >= 15 is 0 Å². The minimum absolute atomic E-state index is 0.0849. The average molecular weight is 909 g/mol. The summed E-state index contributed by atoms with van der Waals surface area (Å²) in [6, 6.07) is 0. The lowest BCUT2D eigenvalue weighted by Gasteiger charge is -2.15. The molecule has 66 heavy (non-hydrogen) atoms. The predicted molar refractivity (Wildman–Crippen MR) is 287 cm³/mol. The van der Waals surface area contributed by atoms with Gasteiger partial charge in [-0.3, -0.25) is 9.59 Å². The molecule has 0 heterocycles. The van der Waals surface area contributed by atoms with E-state index in [0.717, 1.165) is 128 Å². The summed E-state index contributed by atoms with van der Waals surface area (Å²) in [4.78, 5) is 24.4. The Morgan fingerprint density at radius 2 is 0.606 bits per heavy atom. The van der Waals surface area contributed by atoms with Gasteiger partial charge in [0.2, 0.25) is 0 Å². The third kappa shape index (κ3) is 52.4. The number of esters is 2. The standard InChI is InChI=1S/C61H96O5/c1-3-5-7-9-11-13-15-17-19-21-22-23-24-25-26-27-28-29-30-31-32-33-34-35-36-37-38-40-42-44-46-48-50-52-54-56-61(64)66-59(57-62)58-65-60(63)55-53-51-49-47-45-43-41-39-20-18-16-14-12-10-8-6-4-2/h5-8,11-14,17-20,22-23,25-26,28-29,31-32,34-35,37-38,59,62H,3-4,9-10,15-16,21,24,27,30,33,36,39-58H2,1-2H3/b7-5-,8-6-,13-11-,14-12-,19-17-,20-18-,23-22-,26-25-,29-28-,32-31-,35-34-,38-37-. The highest BCUT2D eigenvalue weighted by atomic mass is 16.6. The van der Waals surface area contributed by atoms with Crippen LogP contribution in [0, 0.1) is 0 Å². The van der Waals surface area contributed by atoms with Crippen LogP contribution in [-0.4, -0.2) is 36.4 Å². The summed E-state index contributed by atoms with van der Waals surface area (Å²) in [6.07, 6.45) is 83.7. The molecule has 0 radical (unpaired) electrons. The van der Waals surface area contributed by atoms with Crippen LogP contribution < -0.4 is 0 Å². The second-order valence-corrected chi connectivity index (χ2v) is 16.8. The fourth-order valence-corrected chi connectivity index (χ4v) is 6.74. The Morgan fingerprint density at radius 3 is 0.909 bits per heavy atom. The van der Waals surface area contributed by atoms with E-state index < -0.39 is 6.10 Å². The van der Waals surface area contributed by atoms with E-state index in [2.05, 4.69) is 160 Å². The Labute approximate surface area is 406 Å². The molecule has 0 rings (SSSR count). The van der Waals surface area contributed by atoms with Crippen LogP contribution in [0.25, 0.3) is 0 Å². The van der Waals surface area contributed by atoms with Gasteiger partial charge in [-0.25, -0.2) is 0 Å². The van der Waals surface area contributed by atoms with E-state index in [-0.39, 0.29) is 25.2 Å². The third-order valence-electron chi connectivity index (χ3n) is 10.6.